The van der Waals surface area contributed by atoms with Crippen molar-refractivity contribution in [3.8, 4) is 11.3 Å². The highest BCUT2D eigenvalue weighted by molar-refractivity contribution is 5.95. The summed E-state index contributed by atoms with van der Waals surface area (Å²) >= 11 is 0. The number of carbonyl (C=O) groups excluding carboxylic acids is 2. The summed E-state index contributed by atoms with van der Waals surface area (Å²) in [6.45, 7) is 0.880. The van der Waals surface area contributed by atoms with Crippen molar-refractivity contribution in [3.63, 3.8) is 0 Å². The van der Waals surface area contributed by atoms with Gasteiger partial charge in [-0.15, -0.1) is 0 Å². The predicted octanol–water partition coefficient (Wildman–Crippen LogP) is 3.10. The maximum Gasteiger partial charge on any atom is 0.271 e. The van der Waals surface area contributed by atoms with Crippen molar-refractivity contribution in [1.82, 2.24) is 20.1 Å². The Morgan fingerprint density at radius 1 is 1.21 bits per heavy atom. The third-order valence-electron chi connectivity index (χ3n) is 4.94. The molecule has 4 rings (SSSR count). The van der Waals surface area contributed by atoms with Gasteiger partial charge in [0.25, 0.3) is 5.91 Å². The van der Waals surface area contributed by atoms with E-state index < -0.39 is 5.82 Å². The first-order chi connectivity index (χ1) is 14.1. The van der Waals surface area contributed by atoms with E-state index in [-0.39, 0.29) is 17.7 Å². The fraction of sp³-hybridized carbons (Fsp3) is 0.238. The standard InChI is InChI=1S/C21H20FN5O2/c22-16-6-1-7-17(10-16)24-20(28)15-5-3-9-27(13-15)21(29)19-11-18(25-26-19)14-4-2-8-23-12-14/h1-2,4,6-8,10-12,15H,3,5,9,13H2,(H,24,28)(H,25,26)/t15-/m0/s1. The maximum atomic E-state index is 13.3. The van der Waals surface area contributed by atoms with Crippen LogP contribution in [0.25, 0.3) is 11.3 Å². The Morgan fingerprint density at radius 3 is 2.90 bits per heavy atom. The van der Waals surface area contributed by atoms with Gasteiger partial charge in [-0.05, 0) is 49.2 Å². The molecule has 1 aliphatic heterocycles. The van der Waals surface area contributed by atoms with Crippen molar-refractivity contribution in [1.29, 1.82) is 0 Å². The van der Waals surface area contributed by atoms with Gasteiger partial charge in [0.05, 0.1) is 11.6 Å². The molecule has 0 unspecified atom stereocenters. The Morgan fingerprint density at radius 2 is 2.10 bits per heavy atom. The minimum absolute atomic E-state index is 0.198. The number of anilines is 1. The zero-order chi connectivity index (χ0) is 20.2. The molecule has 2 N–H and O–H groups in total. The number of aromatic nitrogens is 3. The second-order valence-electron chi connectivity index (χ2n) is 7.00. The summed E-state index contributed by atoms with van der Waals surface area (Å²) < 4.78 is 13.3. The van der Waals surface area contributed by atoms with Crippen molar-refractivity contribution < 1.29 is 14.0 Å². The molecule has 7 nitrogen and oxygen atoms in total. The fourth-order valence-corrected chi connectivity index (χ4v) is 3.45. The van der Waals surface area contributed by atoms with Gasteiger partial charge in [0.2, 0.25) is 5.91 Å². The van der Waals surface area contributed by atoms with E-state index in [0.717, 1.165) is 12.0 Å². The Hall–Kier alpha value is -3.55. The van der Waals surface area contributed by atoms with E-state index in [4.69, 9.17) is 0 Å². The van der Waals surface area contributed by atoms with Gasteiger partial charge in [-0.2, -0.15) is 5.10 Å². The second kappa shape index (κ2) is 8.22. The number of hydrogen-bond donors (Lipinski definition) is 2. The number of aromatic amines is 1. The van der Waals surface area contributed by atoms with E-state index in [1.807, 2.05) is 6.07 Å². The summed E-state index contributed by atoms with van der Waals surface area (Å²) in [7, 11) is 0. The fourth-order valence-electron chi connectivity index (χ4n) is 3.45. The topological polar surface area (TPSA) is 91.0 Å². The van der Waals surface area contributed by atoms with Crippen LogP contribution in [0.3, 0.4) is 0 Å². The smallest absolute Gasteiger partial charge is 0.271 e. The molecule has 8 heteroatoms. The molecule has 0 aliphatic carbocycles. The molecule has 0 saturated carbocycles. The average molecular weight is 393 g/mol. The molecular formula is C21H20FN5O2. The van der Waals surface area contributed by atoms with Gasteiger partial charge in [-0.1, -0.05) is 6.07 Å². The number of pyridine rings is 1. The van der Waals surface area contributed by atoms with Crippen LogP contribution in [-0.2, 0) is 4.79 Å². The van der Waals surface area contributed by atoms with Crippen LogP contribution in [0.15, 0.2) is 54.9 Å². The van der Waals surface area contributed by atoms with E-state index in [0.29, 0.717) is 36.6 Å². The van der Waals surface area contributed by atoms with Crippen LogP contribution in [0.4, 0.5) is 10.1 Å². The zero-order valence-corrected chi connectivity index (χ0v) is 15.6. The SMILES string of the molecule is O=C(Nc1cccc(F)c1)[C@H]1CCCN(C(=O)c2cc(-c3cccnc3)n[nH]2)C1. The molecule has 3 heterocycles. The number of benzene rings is 1. The largest absolute Gasteiger partial charge is 0.337 e. The Labute approximate surface area is 167 Å². The summed E-state index contributed by atoms with van der Waals surface area (Å²) in [6, 6.07) is 11.1. The summed E-state index contributed by atoms with van der Waals surface area (Å²) in [4.78, 5) is 31.2. The lowest BCUT2D eigenvalue weighted by molar-refractivity contribution is -0.121. The lowest BCUT2D eigenvalue weighted by Gasteiger charge is -2.31. The molecular weight excluding hydrogens is 373 g/mol. The monoisotopic (exact) mass is 393 g/mol. The molecule has 1 aliphatic rings. The number of halogens is 1. The Kier molecular flexibility index (Phi) is 5.33. The third-order valence-corrected chi connectivity index (χ3v) is 4.94. The van der Waals surface area contributed by atoms with Crippen molar-refractivity contribution in [2.75, 3.05) is 18.4 Å². The highest BCUT2D eigenvalue weighted by Crippen LogP contribution is 2.22. The van der Waals surface area contributed by atoms with Crippen LogP contribution >= 0.6 is 0 Å². The van der Waals surface area contributed by atoms with Crippen molar-refractivity contribution >= 4 is 17.5 Å². The maximum absolute atomic E-state index is 13.3. The Balaban J connectivity index is 1.42. The molecule has 2 aromatic heterocycles. The van der Waals surface area contributed by atoms with Crippen LogP contribution in [0, 0.1) is 11.7 Å². The molecule has 29 heavy (non-hydrogen) atoms. The summed E-state index contributed by atoms with van der Waals surface area (Å²) in [5.74, 6) is -1.17. The van der Waals surface area contributed by atoms with E-state index >= 15 is 0 Å². The first-order valence-electron chi connectivity index (χ1n) is 9.41. The molecule has 2 amide bonds. The number of rotatable bonds is 4. The lowest BCUT2D eigenvalue weighted by Crippen LogP contribution is -2.43. The van der Waals surface area contributed by atoms with Crippen LogP contribution in [0.1, 0.15) is 23.3 Å². The van der Waals surface area contributed by atoms with Crippen LogP contribution in [0.5, 0.6) is 0 Å². The number of H-pyrrole nitrogens is 1. The Bertz CT molecular complexity index is 1020. The number of carbonyl (C=O) groups is 2. The van der Waals surface area contributed by atoms with Gasteiger partial charge < -0.3 is 10.2 Å². The van der Waals surface area contributed by atoms with E-state index in [2.05, 4.69) is 20.5 Å². The van der Waals surface area contributed by atoms with Gasteiger partial charge in [-0.25, -0.2) is 4.39 Å². The highest BCUT2D eigenvalue weighted by atomic mass is 19.1. The number of hydrogen-bond acceptors (Lipinski definition) is 4. The molecule has 3 aromatic rings. The van der Waals surface area contributed by atoms with Crippen LogP contribution < -0.4 is 5.32 Å². The second-order valence-corrected chi connectivity index (χ2v) is 7.00. The van der Waals surface area contributed by atoms with Gasteiger partial charge in [-0.3, -0.25) is 19.7 Å². The average Bonchev–Trinajstić information content (AvgIpc) is 3.24. The molecule has 0 radical (unpaired) electrons. The number of piperidine rings is 1. The van der Waals surface area contributed by atoms with Crippen LogP contribution in [-0.4, -0.2) is 45.0 Å². The lowest BCUT2D eigenvalue weighted by atomic mass is 9.96. The minimum Gasteiger partial charge on any atom is -0.337 e. The summed E-state index contributed by atoms with van der Waals surface area (Å²) in [5, 5.41) is 9.71. The van der Waals surface area contributed by atoms with Crippen LogP contribution in [0.2, 0.25) is 0 Å². The zero-order valence-electron chi connectivity index (χ0n) is 15.6. The summed E-state index contributed by atoms with van der Waals surface area (Å²) in [6.07, 6.45) is 4.74. The van der Waals surface area contributed by atoms with Crippen molar-refractivity contribution in [3.05, 3.63) is 66.4 Å². The van der Waals surface area contributed by atoms with Gasteiger partial charge >= 0.3 is 0 Å². The van der Waals surface area contributed by atoms with Gasteiger partial charge in [0, 0.05) is 36.7 Å². The number of amides is 2. The molecule has 1 aromatic carbocycles. The predicted molar refractivity (Wildman–Crippen MR) is 105 cm³/mol. The first-order valence-corrected chi connectivity index (χ1v) is 9.41. The number of nitrogens with one attached hydrogen (secondary N) is 2. The van der Waals surface area contributed by atoms with Crippen molar-refractivity contribution in [2.24, 2.45) is 5.92 Å². The van der Waals surface area contributed by atoms with Crippen molar-refractivity contribution in [2.45, 2.75) is 12.8 Å². The third kappa shape index (κ3) is 4.31. The van der Waals surface area contributed by atoms with Gasteiger partial charge in [0.15, 0.2) is 0 Å². The van der Waals surface area contributed by atoms with E-state index in [1.165, 1.54) is 12.1 Å². The molecule has 148 valence electrons. The molecule has 0 bridgehead atoms. The summed E-state index contributed by atoms with van der Waals surface area (Å²) in [5.41, 5.74) is 2.23. The highest BCUT2D eigenvalue weighted by Gasteiger charge is 2.29. The number of likely N-dealkylation sites (tertiary alicyclic amines) is 1. The van der Waals surface area contributed by atoms with E-state index in [9.17, 15) is 14.0 Å². The molecule has 1 saturated heterocycles. The normalized spacial score (nSPS) is 16.4. The minimum atomic E-state index is -0.410. The van der Waals surface area contributed by atoms with Gasteiger partial charge in [0.1, 0.15) is 11.5 Å². The molecule has 0 spiro atoms. The number of nitrogens with zero attached hydrogens (tertiary/aromatic N) is 3. The molecule has 1 atom stereocenters. The quantitative estimate of drug-likeness (QED) is 0.713. The molecule has 1 fully saturated rings. The first kappa shape index (κ1) is 18.8. The van der Waals surface area contributed by atoms with E-state index in [1.54, 1.807) is 41.6 Å².